The van der Waals surface area contributed by atoms with Gasteiger partial charge < -0.3 is 26.4 Å². The predicted octanol–water partition coefficient (Wildman–Crippen LogP) is 4.46. The Balaban J connectivity index is 1.33. The zero-order valence-corrected chi connectivity index (χ0v) is 26.1. The van der Waals surface area contributed by atoms with E-state index in [-0.39, 0.29) is 33.6 Å². The zero-order chi connectivity index (χ0) is 30.4. The molecule has 3 aromatic rings. The lowest BCUT2D eigenvalue weighted by Crippen LogP contribution is -2.62. The number of nitrogens with zero attached hydrogens (tertiary/aromatic N) is 5. The standard InChI is InChI=1S/C29H37ClN8O3S/c1-28(2)13-16(14-29(3,4)36-28)37(5)20-15-32-26(23(31)34-20)42-18-10-8-9-17(22(18)30)33-24(39)21-25(40)35-19-11-6-7-12-38(19)27(21)41/h8-10,15-16,36,40H,6-7,11-14H2,1-5H3,(H2,31,34)(H,33,39). The van der Waals surface area contributed by atoms with E-state index in [1.165, 1.54) is 16.3 Å². The number of nitrogen functional groups attached to an aromatic ring is 1. The second-order valence-electron chi connectivity index (χ2n) is 12.3. The van der Waals surface area contributed by atoms with E-state index >= 15 is 0 Å². The number of nitrogens with one attached hydrogen (secondary N) is 2. The molecular formula is C29H37ClN8O3S. The van der Waals surface area contributed by atoms with Gasteiger partial charge in [-0.2, -0.15) is 4.98 Å². The van der Waals surface area contributed by atoms with Crippen molar-refractivity contribution in [1.82, 2.24) is 24.8 Å². The van der Waals surface area contributed by atoms with Gasteiger partial charge in [-0.25, -0.2) is 9.97 Å². The minimum Gasteiger partial charge on any atom is -0.493 e. The van der Waals surface area contributed by atoms with E-state index in [4.69, 9.17) is 17.3 Å². The number of anilines is 3. The summed E-state index contributed by atoms with van der Waals surface area (Å²) in [5.41, 5.74) is 5.61. The average molecular weight is 613 g/mol. The molecule has 0 unspecified atom stereocenters. The summed E-state index contributed by atoms with van der Waals surface area (Å²) in [6.45, 7) is 9.29. The van der Waals surface area contributed by atoms with Crippen LogP contribution in [0.2, 0.25) is 5.02 Å². The van der Waals surface area contributed by atoms with E-state index < -0.39 is 22.9 Å². The Morgan fingerprint density at radius 2 is 1.93 bits per heavy atom. The van der Waals surface area contributed by atoms with E-state index in [1.807, 2.05) is 7.05 Å². The predicted molar refractivity (Wildman–Crippen MR) is 166 cm³/mol. The molecule has 1 amide bonds. The number of carbonyl (C=O) groups is 1. The quantitative estimate of drug-likeness (QED) is 0.314. The lowest BCUT2D eigenvalue weighted by atomic mass is 9.79. The second-order valence-corrected chi connectivity index (χ2v) is 13.7. The van der Waals surface area contributed by atoms with E-state index in [2.05, 4.69) is 58.2 Å². The molecule has 224 valence electrons. The third-order valence-corrected chi connectivity index (χ3v) is 9.32. The van der Waals surface area contributed by atoms with E-state index in [0.29, 0.717) is 34.5 Å². The fourth-order valence-electron chi connectivity index (χ4n) is 6.10. The summed E-state index contributed by atoms with van der Waals surface area (Å²) in [7, 11) is 2.02. The van der Waals surface area contributed by atoms with E-state index in [0.717, 1.165) is 25.7 Å². The van der Waals surface area contributed by atoms with Crippen LogP contribution in [-0.2, 0) is 13.0 Å². The summed E-state index contributed by atoms with van der Waals surface area (Å²) in [5.74, 6) is 0.0616. The monoisotopic (exact) mass is 612 g/mol. The van der Waals surface area contributed by atoms with Crippen LogP contribution < -0.4 is 26.8 Å². The Morgan fingerprint density at radius 1 is 1.21 bits per heavy atom. The van der Waals surface area contributed by atoms with Crippen LogP contribution in [0.5, 0.6) is 5.88 Å². The number of aryl methyl sites for hydroxylation is 1. The highest BCUT2D eigenvalue weighted by Crippen LogP contribution is 2.39. The van der Waals surface area contributed by atoms with Gasteiger partial charge in [0.05, 0.1) is 16.9 Å². The molecule has 5 N–H and O–H groups in total. The minimum absolute atomic E-state index is 0.0180. The van der Waals surface area contributed by atoms with Crippen LogP contribution in [0.15, 0.2) is 39.1 Å². The molecule has 1 saturated heterocycles. The molecule has 1 aromatic carbocycles. The number of fused-ring (bicyclic) bond motifs is 1. The van der Waals surface area contributed by atoms with Gasteiger partial charge >= 0.3 is 0 Å². The number of hydrogen-bond acceptors (Lipinski definition) is 10. The molecule has 13 heteroatoms. The molecular weight excluding hydrogens is 576 g/mol. The van der Waals surface area contributed by atoms with Crippen LogP contribution in [0.4, 0.5) is 17.3 Å². The van der Waals surface area contributed by atoms with Crippen LogP contribution in [-0.4, -0.2) is 54.7 Å². The fraction of sp³-hybridized carbons (Fsp3) is 0.483. The highest BCUT2D eigenvalue weighted by Gasteiger charge is 2.39. The van der Waals surface area contributed by atoms with Gasteiger partial charge in [-0.3, -0.25) is 14.2 Å². The molecule has 0 bridgehead atoms. The number of carbonyl (C=O) groups excluding carboxylic acids is 1. The topological polar surface area (TPSA) is 151 Å². The number of halogens is 1. The van der Waals surface area contributed by atoms with Crippen molar-refractivity contribution in [2.24, 2.45) is 0 Å². The lowest BCUT2D eigenvalue weighted by molar-refractivity contribution is 0.102. The molecule has 1 fully saturated rings. The third-order valence-electron chi connectivity index (χ3n) is 7.74. The highest BCUT2D eigenvalue weighted by atomic mass is 35.5. The number of piperidine rings is 1. The van der Waals surface area contributed by atoms with Crippen LogP contribution in [0.3, 0.4) is 0 Å². The first-order valence-electron chi connectivity index (χ1n) is 14.0. The van der Waals surface area contributed by atoms with Crippen LogP contribution in [0.25, 0.3) is 0 Å². The van der Waals surface area contributed by atoms with E-state index in [9.17, 15) is 14.7 Å². The van der Waals surface area contributed by atoms with Crippen LogP contribution in [0.1, 0.15) is 69.6 Å². The van der Waals surface area contributed by atoms with Gasteiger partial charge in [-0.05, 0) is 65.5 Å². The fourth-order valence-corrected chi connectivity index (χ4v) is 7.19. The lowest BCUT2D eigenvalue weighted by Gasteiger charge is -2.49. The van der Waals surface area contributed by atoms with Crippen molar-refractivity contribution in [3.8, 4) is 5.88 Å². The first-order valence-corrected chi connectivity index (χ1v) is 15.2. The highest BCUT2D eigenvalue weighted by molar-refractivity contribution is 7.99. The van der Waals surface area contributed by atoms with Gasteiger partial charge in [0.15, 0.2) is 11.4 Å². The first-order chi connectivity index (χ1) is 19.7. The van der Waals surface area contributed by atoms with Gasteiger partial charge in [-0.15, -0.1) is 0 Å². The number of benzene rings is 1. The van der Waals surface area contributed by atoms with Gasteiger partial charge in [0, 0.05) is 42.0 Å². The molecule has 2 aromatic heterocycles. The second kappa shape index (κ2) is 11.4. The minimum atomic E-state index is -0.786. The normalized spacial score (nSPS) is 17.9. The molecule has 5 rings (SSSR count). The van der Waals surface area contributed by atoms with Crippen molar-refractivity contribution in [3.05, 3.63) is 51.2 Å². The zero-order valence-electron chi connectivity index (χ0n) is 24.5. The molecule has 42 heavy (non-hydrogen) atoms. The Morgan fingerprint density at radius 3 is 2.62 bits per heavy atom. The van der Waals surface area contributed by atoms with Crippen LogP contribution >= 0.6 is 23.4 Å². The van der Waals surface area contributed by atoms with Crippen molar-refractivity contribution in [1.29, 1.82) is 0 Å². The van der Waals surface area contributed by atoms with Crippen molar-refractivity contribution < 1.29 is 9.90 Å². The molecule has 0 spiro atoms. The summed E-state index contributed by atoms with van der Waals surface area (Å²) in [6, 6.07) is 5.36. The smallest absolute Gasteiger partial charge is 0.270 e. The maximum absolute atomic E-state index is 13.1. The largest absolute Gasteiger partial charge is 0.493 e. The van der Waals surface area contributed by atoms with Crippen molar-refractivity contribution in [3.63, 3.8) is 0 Å². The first kappa shape index (κ1) is 30.1. The summed E-state index contributed by atoms with van der Waals surface area (Å²) in [4.78, 5) is 42.1. The summed E-state index contributed by atoms with van der Waals surface area (Å²) < 4.78 is 1.45. The van der Waals surface area contributed by atoms with Crippen molar-refractivity contribution >= 4 is 46.6 Å². The number of amides is 1. The summed E-state index contributed by atoms with van der Waals surface area (Å²) in [5, 5.41) is 17.4. The molecule has 4 heterocycles. The Hall–Kier alpha value is -3.35. The third kappa shape index (κ3) is 6.20. The molecule has 0 atom stereocenters. The molecule has 0 saturated carbocycles. The van der Waals surface area contributed by atoms with Crippen LogP contribution in [0, 0.1) is 0 Å². The molecule has 2 aliphatic rings. The van der Waals surface area contributed by atoms with E-state index in [1.54, 1.807) is 24.4 Å². The summed E-state index contributed by atoms with van der Waals surface area (Å²) >= 11 is 7.89. The molecule has 0 aliphatic carbocycles. The SMILES string of the molecule is CN(c1cnc(Sc2cccc(NC(=O)c3c(O)nc4n(c3=O)CCCC4)c2Cl)c(N)n1)C1CC(C)(C)NC(C)(C)C1. The average Bonchev–Trinajstić information content (AvgIpc) is 2.90. The number of rotatable bonds is 6. The number of nitrogens with two attached hydrogens (primary N) is 1. The van der Waals surface area contributed by atoms with Gasteiger partial charge in [0.1, 0.15) is 16.7 Å². The molecule has 2 aliphatic heterocycles. The maximum Gasteiger partial charge on any atom is 0.270 e. The van der Waals surface area contributed by atoms with Gasteiger partial charge in [0.2, 0.25) is 5.88 Å². The summed E-state index contributed by atoms with van der Waals surface area (Å²) in [6.07, 6.45) is 5.87. The Bertz CT molecular complexity index is 1580. The Kier molecular flexibility index (Phi) is 8.16. The maximum atomic E-state index is 13.1. The number of hydrogen-bond donors (Lipinski definition) is 4. The van der Waals surface area contributed by atoms with Gasteiger partial charge in [-0.1, -0.05) is 29.4 Å². The molecule has 11 nitrogen and oxygen atoms in total. The molecule has 0 radical (unpaired) electrons. The Labute approximate surface area is 254 Å². The van der Waals surface area contributed by atoms with Gasteiger partial charge in [0.25, 0.3) is 11.5 Å². The van der Waals surface area contributed by atoms with Crippen molar-refractivity contribution in [2.75, 3.05) is 23.0 Å². The van der Waals surface area contributed by atoms with Crippen molar-refractivity contribution in [2.45, 2.75) is 93.4 Å². The number of aromatic nitrogens is 4. The number of aromatic hydroxyl groups is 1.